The molecule has 0 aromatic heterocycles. The fourth-order valence-electron chi connectivity index (χ4n) is 3.20. The fourth-order valence-corrected chi connectivity index (χ4v) is 3.20. The molecule has 0 N–H and O–H groups in total. The van der Waals surface area contributed by atoms with Crippen molar-refractivity contribution < 1.29 is 9.53 Å². The van der Waals surface area contributed by atoms with E-state index in [1.807, 2.05) is 0 Å². The summed E-state index contributed by atoms with van der Waals surface area (Å²) in [5.74, 6) is 1.58. The lowest BCUT2D eigenvalue weighted by Crippen LogP contribution is -2.40. The van der Waals surface area contributed by atoms with Crippen LogP contribution in [0.1, 0.15) is 101 Å². The number of carbonyl (C=O) groups is 1. The third-order valence-electron chi connectivity index (χ3n) is 5.04. The van der Waals surface area contributed by atoms with Crippen LogP contribution in [0.15, 0.2) is 0 Å². The molecule has 2 heteroatoms. The van der Waals surface area contributed by atoms with Gasteiger partial charge in [-0.25, -0.2) is 0 Å². The summed E-state index contributed by atoms with van der Waals surface area (Å²) in [5.41, 5.74) is -0.296. The van der Waals surface area contributed by atoms with Gasteiger partial charge in [0, 0.05) is 0 Å². The van der Waals surface area contributed by atoms with Crippen LogP contribution in [0.2, 0.25) is 0 Å². The van der Waals surface area contributed by atoms with Crippen molar-refractivity contribution in [3.8, 4) is 0 Å². The molecule has 0 aliphatic carbocycles. The first-order valence-electron chi connectivity index (χ1n) is 9.99. The normalized spacial score (nSPS) is 15.4. The van der Waals surface area contributed by atoms with Crippen LogP contribution < -0.4 is 0 Å². The molecule has 0 fully saturated rings. The Bertz CT molecular complexity index is 351. The predicted molar refractivity (Wildman–Crippen MR) is 105 cm³/mol. The van der Waals surface area contributed by atoms with E-state index >= 15 is 0 Å². The Kier molecular flexibility index (Phi) is 9.61. The zero-order valence-corrected chi connectivity index (χ0v) is 18.2. The highest BCUT2D eigenvalue weighted by molar-refractivity contribution is 5.77. The maximum Gasteiger partial charge on any atom is 0.312 e. The molecule has 144 valence electrons. The average molecular weight is 341 g/mol. The van der Waals surface area contributed by atoms with Crippen LogP contribution in [-0.4, -0.2) is 12.1 Å². The molecule has 0 saturated heterocycles. The second-order valence-corrected chi connectivity index (χ2v) is 10.3. The quantitative estimate of drug-likeness (QED) is 0.406. The molecule has 0 heterocycles. The number of hydrogen-bond acceptors (Lipinski definition) is 2. The van der Waals surface area contributed by atoms with Crippen LogP contribution in [-0.2, 0) is 9.53 Å². The van der Waals surface area contributed by atoms with E-state index in [-0.39, 0.29) is 23.4 Å². The topological polar surface area (TPSA) is 26.3 Å². The van der Waals surface area contributed by atoms with Crippen molar-refractivity contribution in [2.45, 2.75) is 107 Å². The summed E-state index contributed by atoms with van der Waals surface area (Å²) in [7, 11) is 0. The SMILES string of the molecule is CC(C)CCC(CCC(C)C)OC(=O)C(C)(CC(C)(C)C)C(C)C. The molecule has 0 aliphatic rings. The second-order valence-electron chi connectivity index (χ2n) is 10.3. The molecule has 2 nitrogen and oxygen atoms in total. The van der Waals surface area contributed by atoms with Gasteiger partial charge in [0.15, 0.2) is 0 Å². The summed E-state index contributed by atoms with van der Waals surface area (Å²) in [6.45, 7) is 21.9. The Labute approximate surface area is 152 Å². The number of ether oxygens (including phenoxy) is 1. The van der Waals surface area contributed by atoms with Crippen molar-refractivity contribution in [2.24, 2.45) is 28.6 Å². The Morgan fingerprint density at radius 2 is 1.21 bits per heavy atom. The smallest absolute Gasteiger partial charge is 0.312 e. The molecule has 1 unspecified atom stereocenters. The minimum absolute atomic E-state index is 0.00457. The summed E-state index contributed by atoms with van der Waals surface area (Å²) in [6, 6.07) is 0. The summed E-state index contributed by atoms with van der Waals surface area (Å²) in [4.78, 5) is 13.1. The zero-order chi connectivity index (χ0) is 19.1. The molecular formula is C22H44O2. The lowest BCUT2D eigenvalue weighted by atomic mass is 9.68. The molecule has 0 amide bonds. The van der Waals surface area contributed by atoms with Crippen molar-refractivity contribution >= 4 is 5.97 Å². The third-order valence-corrected chi connectivity index (χ3v) is 5.04. The van der Waals surface area contributed by atoms with Gasteiger partial charge in [0.2, 0.25) is 0 Å². The summed E-state index contributed by atoms with van der Waals surface area (Å²) >= 11 is 0. The van der Waals surface area contributed by atoms with E-state index in [0.717, 1.165) is 32.1 Å². The summed E-state index contributed by atoms with van der Waals surface area (Å²) < 4.78 is 6.08. The van der Waals surface area contributed by atoms with Crippen molar-refractivity contribution in [1.29, 1.82) is 0 Å². The summed E-state index contributed by atoms with van der Waals surface area (Å²) in [5, 5.41) is 0. The molecule has 0 bridgehead atoms. The zero-order valence-electron chi connectivity index (χ0n) is 18.2. The van der Waals surface area contributed by atoms with Crippen LogP contribution in [0.3, 0.4) is 0 Å². The number of hydrogen-bond donors (Lipinski definition) is 0. The first-order valence-corrected chi connectivity index (χ1v) is 9.99. The minimum Gasteiger partial charge on any atom is -0.462 e. The first kappa shape index (κ1) is 23.5. The number of carbonyl (C=O) groups excluding carboxylic acids is 1. The molecule has 0 spiro atoms. The minimum atomic E-state index is -0.411. The van der Waals surface area contributed by atoms with E-state index in [4.69, 9.17) is 4.74 Å². The van der Waals surface area contributed by atoms with Gasteiger partial charge < -0.3 is 4.74 Å². The Morgan fingerprint density at radius 1 is 0.792 bits per heavy atom. The Balaban J connectivity index is 5.07. The Hall–Kier alpha value is -0.530. The van der Waals surface area contributed by atoms with Gasteiger partial charge in [-0.2, -0.15) is 0 Å². The van der Waals surface area contributed by atoms with E-state index in [1.165, 1.54) is 0 Å². The largest absolute Gasteiger partial charge is 0.462 e. The molecule has 1 atom stereocenters. The molecule has 24 heavy (non-hydrogen) atoms. The highest BCUT2D eigenvalue weighted by atomic mass is 16.5. The van der Waals surface area contributed by atoms with E-state index in [0.29, 0.717) is 11.8 Å². The van der Waals surface area contributed by atoms with Crippen LogP contribution in [0.4, 0.5) is 0 Å². The van der Waals surface area contributed by atoms with E-state index in [1.54, 1.807) is 0 Å². The number of rotatable bonds is 10. The van der Waals surface area contributed by atoms with E-state index < -0.39 is 5.41 Å². The Morgan fingerprint density at radius 3 is 1.50 bits per heavy atom. The molecule has 0 radical (unpaired) electrons. The fraction of sp³-hybridized carbons (Fsp3) is 0.955. The summed E-state index contributed by atoms with van der Waals surface area (Å²) in [6.07, 6.45) is 5.14. The maximum absolute atomic E-state index is 13.1. The van der Waals surface area contributed by atoms with Gasteiger partial charge in [-0.3, -0.25) is 4.79 Å². The van der Waals surface area contributed by atoms with Gasteiger partial charge in [-0.15, -0.1) is 0 Å². The van der Waals surface area contributed by atoms with Crippen LogP contribution in [0.5, 0.6) is 0 Å². The molecule has 0 aromatic rings. The van der Waals surface area contributed by atoms with Crippen molar-refractivity contribution in [2.75, 3.05) is 0 Å². The third kappa shape index (κ3) is 9.08. The van der Waals surface area contributed by atoms with Crippen molar-refractivity contribution in [3.63, 3.8) is 0 Å². The highest BCUT2D eigenvalue weighted by Crippen LogP contribution is 2.41. The van der Waals surface area contributed by atoms with E-state index in [2.05, 4.69) is 69.2 Å². The van der Waals surface area contributed by atoms with Crippen molar-refractivity contribution in [1.82, 2.24) is 0 Å². The number of esters is 1. The standard InChI is InChI=1S/C22H44O2/c1-16(2)11-13-19(14-12-17(3)4)24-20(23)22(10,18(5)6)15-21(7,8)9/h16-19H,11-15H2,1-10H3. The molecule has 0 aromatic carbocycles. The van der Waals surface area contributed by atoms with Gasteiger partial charge in [0.25, 0.3) is 0 Å². The molecule has 0 aliphatic heterocycles. The van der Waals surface area contributed by atoms with Gasteiger partial charge in [0.05, 0.1) is 5.41 Å². The monoisotopic (exact) mass is 340 g/mol. The molecule has 0 rings (SSSR count). The lowest BCUT2D eigenvalue weighted by molar-refractivity contribution is -0.166. The maximum atomic E-state index is 13.1. The van der Waals surface area contributed by atoms with Gasteiger partial charge >= 0.3 is 5.97 Å². The van der Waals surface area contributed by atoms with Gasteiger partial charge in [-0.1, -0.05) is 62.3 Å². The first-order chi connectivity index (χ1) is 10.8. The van der Waals surface area contributed by atoms with Crippen LogP contribution in [0, 0.1) is 28.6 Å². The van der Waals surface area contributed by atoms with E-state index in [9.17, 15) is 4.79 Å². The second kappa shape index (κ2) is 9.82. The van der Waals surface area contributed by atoms with Gasteiger partial charge in [0.1, 0.15) is 6.10 Å². The van der Waals surface area contributed by atoms with Crippen molar-refractivity contribution in [3.05, 3.63) is 0 Å². The lowest BCUT2D eigenvalue weighted by Gasteiger charge is -2.38. The predicted octanol–water partition coefficient (Wildman–Crippen LogP) is 6.87. The van der Waals surface area contributed by atoms with Crippen LogP contribution in [0.25, 0.3) is 0 Å². The average Bonchev–Trinajstić information content (AvgIpc) is 2.38. The molecular weight excluding hydrogens is 296 g/mol. The van der Waals surface area contributed by atoms with Gasteiger partial charge in [-0.05, 0) is 62.2 Å². The molecule has 0 saturated carbocycles. The van der Waals surface area contributed by atoms with Crippen LogP contribution >= 0.6 is 0 Å². The highest BCUT2D eigenvalue weighted by Gasteiger charge is 2.42.